The van der Waals surface area contributed by atoms with Gasteiger partial charge in [-0.05, 0) is 25.3 Å². The van der Waals surface area contributed by atoms with E-state index in [1.807, 2.05) is 0 Å². The summed E-state index contributed by atoms with van der Waals surface area (Å²) in [6, 6.07) is 6.00. The third-order valence-corrected chi connectivity index (χ3v) is 7.11. The zero-order valence-electron chi connectivity index (χ0n) is 23.0. The van der Waals surface area contributed by atoms with Gasteiger partial charge in [0.1, 0.15) is 31.0 Å². The molecule has 7 N–H and O–H groups in total. The van der Waals surface area contributed by atoms with Gasteiger partial charge >= 0.3 is 17.9 Å². The van der Waals surface area contributed by atoms with Crippen molar-refractivity contribution in [2.45, 2.75) is 75.5 Å². The first-order chi connectivity index (χ1) is 19.8. The monoisotopic (exact) mass is 593 g/mol. The van der Waals surface area contributed by atoms with Crippen LogP contribution < -0.4 is 5.32 Å². The van der Waals surface area contributed by atoms with E-state index in [0.29, 0.717) is 6.42 Å². The molecular weight excluding hydrogens is 558 g/mol. The number of anilines is 1. The smallest absolute Gasteiger partial charge is 0.341 e. The molecule has 230 valence electrons. The second-order valence-electron chi connectivity index (χ2n) is 10.3. The van der Waals surface area contributed by atoms with Crippen LogP contribution in [0.5, 0.6) is 0 Å². The number of hydrogen-bond donors (Lipinski definition) is 7. The Morgan fingerprint density at radius 2 is 1.83 bits per heavy atom. The number of para-hydroxylation sites is 1. The number of carboxylic acids is 2. The summed E-state index contributed by atoms with van der Waals surface area (Å²) in [6.45, 7) is 2.52. The highest BCUT2D eigenvalue weighted by molar-refractivity contribution is 6.01. The van der Waals surface area contributed by atoms with Crippen LogP contribution in [0.3, 0.4) is 0 Å². The Kier molecular flexibility index (Phi) is 11.0. The van der Waals surface area contributed by atoms with Crippen LogP contribution in [0.15, 0.2) is 48.1 Å². The molecular formula is C28H35NO13. The first-order valence-electron chi connectivity index (χ1n) is 13.2. The molecule has 1 fully saturated rings. The van der Waals surface area contributed by atoms with E-state index in [0.717, 1.165) is 0 Å². The average molecular weight is 594 g/mol. The van der Waals surface area contributed by atoms with Crippen LogP contribution in [0.4, 0.5) is 5.69 Å². The number of esters is 1. The number of carbonyl (C=O) groups excluding carboxylic acids is 2. The lowest BCUT2D eigenvalue weighted by Gasteiger charge is -2.44. The quantitative estimate of drug-likeness (QED) is 0.0966. The van der Waals surface area contributed by atoms with Crippen molar-refractivity contribution >= 4 is 29.5 Å². The molecule has 0 bridgehead atoms. The molecule has 1 aromatic rings. The molecule has 0 aliphatic carbocycles. The Morgan fingerprint density at radius 3 is 2.50 bits per heavy atom. The molecule has 0 radical (unpaired) electrons. The fraction of sp³-hybridized carbons (Fsp3) is 0.500. The molecule has 2 heterocycles. The Hall–Kier alpha value is -3.66. The molecule has 2 aliphatic heterocycles. The van der Waals surface area contributed by atoms with Crippen LogP contribution in [0.2, 0.25) is 0 Å². The molecule has 2 aliphatic rings. The number of aliphatic hydroxyl groups excluding tert-OH is 4. The molecule has 3 rings (SSSR count). The summed E-state index contributed by atoms with van der Waals surface area (Å²) in [6.07, 6.45) is -5.93. The summed E-state index contributed by atoms with van der Waals surface area (Å²) in [5, 5.41) is 62.6. The van der Waals surface area contributed by atoms with Crippen molar-refractivity contribution < 1.29 is 64.0 Å². The van der Waals surface area contributed by atoms with Gasteiger partial charge in [-0.1, -0.05) is 43.4 Å². The van der Waals surface area contributed by atoms with Gasteiger partial charge in [-0.25, -0.2) is 9.59 Å². The van der Waals surface area contributed by atoms with Crippen LogP contribution in [-0.2, 0) is 39.0 Å². The minimum Gasteiger partial charge on any atom is -0.481 e. The van der Waals surface area contributed by atoms with Crippen molar-refractivity contribution in [3.05, 3.63) is 53.6 Å². The number of rotatable bonds is 12. The molecule has 1 amide bonds. The third-order valence-electron chi connectivity index (χ3n) is 7.11. The first-order valence-corrected chi connectivity index (χ1v) is 13.2. The third kappa shape index (κ3) is 7.59. The van der Waals surface area contributed by atoms with Crippen molar-refractivity contribution in [3.63, 3.8) is 0 Å². The van der Waals surface area contributed by atoms with Gasteiger partial charge in [-0.2, -0.15) is 0 Å². The number of carbonyl (C=O) groups is 4. The van der Waals surface area contributed by atoms with Crippen LogP contribution in [0, 0.1) is 5.92 Å². The van der Waals surface area contributed by atoms with E-state index >= 15 is 0 Å². The minimum atomic E-state index is -2.29. The van der Waals surface area contributed by atoms with Gasteiger partial charge in [0, 0.05) is 16.8 Å². The highest BCUT2D eigenvalue weighted by Crippen LogP contribution is 2.41. The van der Waals surface area contributed by atoms with E-state index in [-0.39, 0.29) is 29.2 Å². The van der Waals surface area contributed by atoms with Crippen LogP contribution in [0.1, 0.15) is 38.7 Å². The Morgan fingerprint density at radius 1 is 1.14 bits per heavy atom. The summed E-state index contributed by atoms with van der Waals surface area (Å²) in [7, 11) is 0. The Bertz CT molecular complexity index is 1230. The van der Waals surface area contributed by atoms with Gasteiger partial charge in [-0.15, -0.1) is 0 Å². The summed E-state index contributed by atoms with van der Waals surface area (Å²) < 4.78 is 16.4. The molecule has 1 aromatic carbocycles. The number of amides is 1. The zero-order valence-corrected chi connectivity index (χ0v) is 23.0. The van der Waals surface area contributed by atoms with Crippen molar-refractivity contribution in [3.8, 4) is 0 Å². The summed E-state index contributed by atoms with van der Waals surface area (Å²) in [5.74, 6) is -4.49. The molecule has 14 nitrogen and oxygen atoms in total. The lowest BCUT2D eigenvalue weighted by molar-refractivity contribution is -0.327. The molecule has 0 spiro atoms. The number of carboxylic acid groups (broad SMARTS) is 2. The van der Waals surface area contributed by atoms with E-state index in [9.17, 15) is 44.7 Å². The predicted molar refractivity (Wildman–Crippen MR) is 143 cm³/mol. The van der Waals surface area contributed by atoms with E-state index in [1.165, 1.54) is 37.3 Å². The van der Waals surface area contributed by atoms with Gasteiger partial charge in [0.05, 0.1) is 18.9 Å². The molecule has 1 saturated heterocycles. The van der Waals surface area contributed by atoms with Crippen molar-refractivity contribution in [2.75, 3.05) is 11.9 Å². The van der Waals surface area contributed by atoms with Crippen LogP contribution in [0.25, 0.3) is 0 Å². The highest BCUT2D eigenvalue weighted by Gasteiger charge is 2.54. The van der Waals surface area contributed by atoms with E-state index < -0.39 is 79.3 Å². The normalized spacial score (nSPS) is 29.3. The Labute approximate surface area is 240 Å². The number of allylic oxidation sites excluding steroid dienone is 3. The Balaban J connectivity index is 1.66. The maximum Gasteiger partial charge on any atom is 0.341 e. The molecule has 0 unspecified atom stereocenters. The molecule has 0 saturated carbocycles. The molecule has 8 atom stereocenters. The maximum atomic E-state index is 12.5. The van der Waals surface area contributed by atoms with Crippen molar-refractivity contribution in [1.82, 2.24) is 0 Å². The predicted octanol–water partition coefficient (Wildman–Crippen LogP) is 0.0404. The number of nitrogens with one attached hydrogen (secondary N) is 1. The van der Waals surface area contributed by atoms with Crippen LogP contribution in [-0.4, -0.2) is 97.9 Å². The number of aliphatic carboxylic acids is 2. The topological polar surface area (TPSA) is 229 Å². The lowest BCUT2D eigenvalue weighted by atomic mass is 9.85. The highest BCUT2D eigenvalue weighted by atomic mass is 16.7. The van der Waals surface area contributed by atoms with Gasteiger partial charge in [0.15, 0.2) is 6.29 Å². The van der Waals surface area contributed by atoms with Gasteiger partial charge in [0.2, 0.25) is 11.5 Å². The fourth-order valence-corrected chi connectivity index (χ4v) is 4.54. The van der Waals surface area contributed by atoms with Gasteiger partial charge in [0.25, 0.3) is 0 Å². The fourth-order valence-electron chi connectivity index (χ4n) is 4.54. The van der Waals surface area contributed by atoms with E-state index in [2.05, 4.69) is 5.32 Å². The summed E-state index contributed by atoms with van der Waals surface area (Å²) in [5.41, 5.74) is -1.90. The van der Waals surface area contributed by atoms with E-state index in [1.54, 1.807) is 19.1 Å². The minimum absolute atomic E-state index is 0.0797. The number of benzene rings is 1. The standard InChI is InChI=1S/C28H35NO13/c1-14(18(30)11-21(32)33)7-3-4-8-15(2)25(37)40-13-19-22(34)23(35)24(36)26(41-19)42-28(27(38)39)12-20(31)29-17-10-6-5-9-16(17)28/h3-6,8-10,14,18-19,22-24,26,30,34-36H,7,11-13H2,1-2H3,(H,29,31)(H,32,33)(H,38,39)/t14-,18+,19-,22+,23-,24+,26-,28+/m0/s1. The maximum absolute atomic E-state index is 12.5. The lowest BCUT2D eigenvalue weighted by Crippen LogP contribution is -2.62. The number of fused-ring (bicyclic) bond motifs is 1. The van der Waals surface area contributed by atoms with E-state index in [4.69, 9.17) is 19.3 Å². The number of ether oxygens (including phenoxy) is 3. The number of hydrogen-bond acceptors (Lipinski definition) is 11. The van der Waals surface area contributed by atoms with Crippen LogP contribution >= 0.6 is 0 Å². The second kappa shape index (κ2) is 14.0. The van der Waals surface area contributed by atoms with Crippen molar-refractivity contribution in [2.24, 2.45) is 5.92 Å². The molecule has 14 heteroatoms. The molecule has 0 aromatic heterocycles. The number of aliphatic hydroxyl groups is 4. The van der Waals surface area contributed by atoms with Gasteiger partial charge < -0.3 is 50.2 Å². The van der Waals surface area contributed by atoms with Crippen molar-refractivity contribution in [1.29, 1.82) is 0 Å². The zero-order chi connectivity index (χ0) is 31.2. The largest absolute Gasteiger partial charge is 0.481 e. The molecule has 42 heavy (non-hydrogen) atoms. The first kappa shape index (κ1) is 32.8. The van der Waals surface area contributed by atoms with Gasteiger partial charge in [-0.3, -0.25) is 9.59 Å². The average Bonchev–Trinajstić information content (AvgIpc) is 2.93. The second-order valence-corrected chi connectivity index (χ2v) is 10.3. The SMILES string of the molecule is CC(=CC=CC[C@H](C)[C@H](O)CC(=O)O)C(=O)OC[C@@H]1O[C@@H](O[C@]2(C(=O)O)CC(=O)Nc3ccccc32)[C@H](O)[C@@H](O)[C@@H]1O. The summed E-state index contributed by atoms with van der Waals surface area (Å²) in [4.78, 5) is 48.0. The summed E-state index contributed by atoms with van der Waals surface area (Å²) >= 11 is 0.